The van der Waals surface area contributed by atoms with Crippen LogP contribution in [0.3, 0.4) is 0 Å². The summed E-state index contributed by atoms with van der Waals surface area (Å²) in [5.74, 6) is -2.76. The Morgan fingerprint density at radius 1 is 1.12 bits per heavy atom. The first-order valence-electron chi connectivity index (χ1n) is 9.79. The molecule has 11 heteroatoms. The first kappa shape index (κ1) is 25.6. The maximum atomic E-state index is 11.4. The van der Waals surface area contributed by atoms with E-state index in [0.717, 1.165) is 49.9 Å². The molecule has 4 N–H and O–H groups in total. The van der Waals surface area contributed by atoms with Gasteiger partial charge in [-0.05, 0) is 54.8 Å². The zero-order valence-electron chi connectivity index (χ0n) is 17.5. The van der Waals surface area contributed by atoms with Crippen molar-refractivity contribution in [3.05, 3.63) is 54.1 Å². The van der Waals surface area contributed by atoms with E-state index in [0.29, 0.717) is 11.7 Å². The second-order valence-corrected chi connectivity index (χ2v) is 9.32. The van der Waals surface area contributed by atoms with E-state index in [4.69, 9.17) is 15.6 Å². The molecule has 2 aromatic rings. The smallest absolute Gasteiger partial charge is 0.475 e. The van der Waals surface area contributed by atoms with Crippen LogP contribution in [-0.2, 0) is 21.4 Å². The zero-order valence-corrected chi connectivity index (χ0v) is 18.3. The fourth-order valence-electron chi connectivity index (χ4n) is 3.15. The van der Waals surface area contributed by atoms with E-state index in [2.05, 4.69) is 33.9 Å². The Labute approximate surface area is 185 Å². The highest BCUT2D eigenvalue weighted by atomic mass is 32.2. The Morgan fingerprint density at radius 3 is 2.19 bits per heavy atom. The van der Waals surface area contributed by atoms with Crippen molar-refractivity contribution in [2.24, 2.45) is 5.73 Å². The Morgan fingerprint density at radius 2 is 1.69 bits per heavy atom. The number of carboxylic acids is 1. The molecule has 3 rings (SSSR count). The summed E-state index contributed by atoms with van der Waals surface area (Å²) in [6.07, 6.45) is -1.79. The molecular formula is C21H26F3N3O4S. The molecule has 0 radical (unpaired) electrons. The largest absolute Gasteiger partial charge is 0.490 e. The Balaban J connectivity index is 0.000000451. The standard InChI is InChI=1S/C19H25N3O2S.C2HF3O2/c1-25(23,24)21-19-4-2-3-17(13-19)16-7-5-15(6-8-16)14-22-11-9-18(20)10-12-22;3-2(4,5)1(6)7/h2-8,13,18,21H,9-12,14,20H2,1H3;(H,6,7). The molecule has 0 bridgehead atoms. The highest BCUT2D eigenvalue weighted by molar-refractivity contribution is 7.92. The molecule has 0 aliphatic carbocycles. The van der Waals surface area contributed by atoms with Crippen molar-refractivity contribution >= 4 is 21.7 Å². The minimum absolute atomic E-state index is 0.353. The van der Waals surface area contributed by atoms with Crippen molar-refractivity contribution in [1.82, 2.24) is 4.90 Å². The third kappa shape index (κ3) is 8.85. The van der Waals surface area contributed by atoms with Gasteiger partial charge in [0.25, 0.3) is 0 Å². The number of hydrogen-bond donors (Lipinski definition) is 3. The number of likely N-dealkylation sites (tertiary alicyclic amines) is 1. The molecule has 176 valence electrons. The van der Waals surface area contributed by atoms with Crippen molar-refractivity contribution in [3.63, 3.8) is 0 Å². The van der Waals surface area contributed by atoms with E-state index in [9.17, 15) is 21.6 Å². The van der Waals surface area contributed by atoms with Crippen LogP contribution in [-0.4, -0.2) is 56.0 Å². The summed E-state index contributed by atoms with van der Waals surface area (Å²) in [4.78, 5) is 11.3. The molecule has 0 spiro atoms. The van der Waals surface area contributed by atoms with E-state index < -0.39 is 22.2 Å². The molecule has 0 unspecified atom stereocenters. The summed E-state index contributed by atoms with van der Waals surface area (Å²) in [6.45, 7) is 3.06. The molecule has 7 nitrogen and oxygen atoms in total. The summed E-state index contributed by atoms with van der Waals surface area (Å²) in [5, 5.41) is 7.12. The molecule has 0 amide bonds. The number of aliphatic carboxylic acids is 1. The average Bonchev–Trinajstić information content (AvgIpc) is 2.69. The van der Waals surface area contributed by atoms with Gasteiger partial charge in [-0.1, -0.05) is 36.4 Å². The van der Waals surface area contributed by atoms with Gasteiger partial charge >= 0.3 is 12.1 Å². The monoisotopic (exact) mass is 473 g/mol. The summed E-state index contributed by atoms with van der Waals surface area (Å²) in [6, 6.07) is 16.2. The number of nitrogens with one attached hydrogen (secondary N) is 1. The zero-order chi connectivity index (χ0) is 23.9. The molecule has 1 aliphatic rings. The second kappa shape index (κ2) is 10.8. The SMILES string of the molecule is CS(=O)(=O)Nc1cccc(-c2ccc(CN3CCC(N)CC3)cc2)c1.O=C(O)C(F)(F)F. The first-order chi connectivity index (χ1) is 14.8. The topological polar surface area (TPSA) is 113 Å². The predicted octanol–water partition coefficient (Wildman–Crippen LogP) is 3.28. The second-order valence-electron chi connectivity index (χ2n) is 7.57. The number of halogens is 3. The third-order valence-electron chi connectivity index (χ3n) is 4.73. The van der Waals surface area contributed by atoms with Gasteiger partial charge in [0.05, 0.1) is 6.26 Å². The number of rotatable bonds is 5. The lowest BCUT2D eigenvalue weighted by molar-refractivity contribution is -0.192. The summed E-state index contributed by atoms with van der Waals surface area (Å²) in [5.41, 5.74) is 9.88. The summed E-state index contributed by atoms with van der Waals surface area (Å²) < 4.78 is 57.0. The van der Waals surface area contributed by atoms with Gasteiger partial charge in [-0.2, -0.15) is 13.2 Å². The highest BCUT2D eigenvalue weighted by Crippen LogP contribution is 2.24. The number of carbonyl (C=O) groups is 1. The van der Waals surface area contributed by atoms with Gasteiger partial charge in [-0.25, -0.2) is 13.2 Å². The number of alkyl halides is 3. The van der Waals surface area contributed by atoms with Gasteiger partial charge in [0, 0.05) is 18.3 Å². The minimum atomic E-state index is -5.08. The fraction of sp³-hybridized carbons (Fsp3) is 0.381. The fourth-order valence-corrected chi connectivity index (χ4v) is 3.70. The van der Waals surface area contributed by atoms with Crippen LogP contribution in [0.4, 0.5) is 18.9 Å². The molecule has 1 fully saturated rings. The molecule has 0 atom stereocenters. The van der Waals surface area contributed by atoms with Gasteiger partial charge in [-0.3, -0.25) is 9.62 Å². The number of nitrogens with two attached hydrogens (primary N) is 1. The van der Waals surface area contributed by atoms with E-state index >= 15 is 0 Å². The molecule has 1 heterocycles. The van der Waals surface area contributed by atoms with Crippen molar-refractivity contribution in [2.45, 2.75) is 31.6 Å². The number of anilines is 1. The molecule has 2 aromatic carbocycles. The maximum Gasteiger partial charge on any atom is 0.490 e. The van der Waals surface area contributed by atoms with E-state index in [1.807, 2.05) is 18.2 Å². The highest BCUT2D eigenvalue weighted by Gasteiger charge is 2.38. The molecule has 0 aromatic heterocycles. The van der Waals surface area contributed by atoms with Gasteiger partial charge in [0.2, 0.25) is 10.0 Å². The van der Waals surface area contributed by atoms with Gasteiger partial charge in [-0.15, -0.1) is 0 Å². The van der Waals surface area contributed by atoms with Crippen LogP contribution in [0, 0.1) is 0 Å². The quantitative estimate of drug-likeness (QED) is 0.614. The van der Waals surface area contributed by atoms with Crippen molar-refractivity contribution in [2.75, 3.05) is 24.1 Å². The van der Waals surface area contributed by atoms with E-state index in [1.54, 1.807) is 6.07 Å². The molecule has 1 aliphatic heterocycles. The maximum absolute atomic E-state index is 11.4. The average molecular weight is 474 g/mol. The predicted molar refractivity (Wildman–Crippen MR) is 117 cm³/mol. The number of piperidine rings is 1. The van der Waals surface area contributed by atoms with Gasteiger partial charge in [0.15, 0.2) is 0 Å². The van der Waals surface area contributed by atoms with Gasteiger partial charge < -0.3 is 10.8 Å². The van der Waals surface area contributed by atoms with E-state index in [-0.39, 0.29) is 0 Å². The van der Waals surface area contributed by atoms with Crippen LogP contribution < -0.4 is 10.5 Å². The molecule has 0 saturated carbocycles. The summed E-state index contributed by atoms with van der Waals surface area (Å²) >= 11 is 0. The number of nitrogens with zero attached hydrogens (tertiary/aromatic N) is 1. The van der Waals surface area contributed by atoms with Crippen LogP contribution in [0.15, 0.2) is 48.5 Å². The van der Waals surface area contributed by atoms with Gasteiger partial charge in [0.1, 0.15) is 0 Å². The lowest BCUT2D eigenvalue weighted by atomic mass is 10.0. The van der Waals surface area contributed by atoms with Crippen LogP contribution in [0.2, 0.25) is 0 Å². The molecular weight excluding hydrogens is 447 g/mol. The van der Waals surface area contributed by atoms with E-state index in [1.165, 1.54) is 5.56 Å². The Hall–Kier alpha value is -2.63. The normalized spacial score (nSPS) is 15.5. The Bertz CT molecular complexity index is 1000. The first-order valence-corrected chi connectivity index (χ1v) is 11.7. The molecule has 1 saturated heterocycles. The number of sulfonamides is 1. The number of hydrogen-bond acceptors (Lipinski definition) is 5. The van der Waals surface area contributed by atoms with Crippen molar-refractivity contribution in [3.8, 4) is 11.1 Å². The number of benzene rings is 2. The lowest BCUT2D eigenvalue weighted by Gasteiger charge is -2.30. The minimum Gasteiger partial charge on any atom is -0.475 e. The van der Waals surface area contributed by atoms with Crippen LogP contribution in [0.1, 0.15) is 18.4 Å². The van der Waals surface area contributed by atoms with Crippen LogP contribution in [0.25, 0.3) is 11.1 Å². The Kier molecular flexibility index (Phi) is 8.65. The summed E-state index contributed by atoms with van der Waals surface area (Å²) in [7, 11) is -3.27. The number of carboxylic acid groups (broad SMARTS) is 1. The van der Waals surface area contributed by atoms with Crippen molar-refractivity contribution in [1.29, 1.82) is 0 Å². The molecule has 32 heavy (non-hydrogen) atoms. The van der Waals surface area contributed by atoms with Crippen molar-refractivity contribution < 1.29 is 31.5 Å². The van der Waals surface area contributed by atoms with Crippen LogP contribution in [0.5, 0.6) is 0 Å². The lowest BCUT2D eigenvalue weighted by Crippen LogP contribution is -2.39. The third-order valence-corrected chi connectivity index (χ3v) is 5.34. The van der Waals surface area contributed by atoms with Crippen LogP contribution >= 0.6 is 0 Å².